The van der Waals surface area contributed by atoms with Gasteiger partial charge in [0.25, 0.3) is 11.8 Å². The van der Waals surface area contributed by atoms with Gasteiger partial charge < -0.3 is 60.0 Å². The van der Waals surface area contributed by atoms with Crippen molar-refractivity contribution < 1.29 is 47.7 Å². The van der Waals surface area contributed by atoms with Gasteiger partial charge in [0.15, 0.2) is 11.6 Å². The number of nitrogens with one attached hydrogen (secondary N) is 6. The first-order valence-corrected chi connectivity index (χ1v) is 36.9. The Balaban J connectivity index is 0.000000212. The number of rotatable bonds is 24. The number of methoxy groups -OCH3 is 2. The van der Waals surface area contributed by atoms with Gasteiger partial charge in [-0.1, -0.05) is 94.9 Å². The van der Waals surface area contributed by atoms with E-state index in [1.807, 2.05) is 113 Å². The second kappa shape index (κ2) is 34.3. The van der Waals surface area contributed by atoms with Crippen molar-refractivity contribution in [2.45, 2.75) is 142 Å². The molecule has 2 saturated heterocycles. The summed E-state index contributed by atoms with van der Waals surface area (Å²) in [7, 11) is 6.91. The van der Waals surface area contributed by atoms with Crippen LogP contribution in [0.5, 0.6) is 11.5 Å². The molecule has 4 amide bonds. The van der Waals surface area contributed by atoms with Gasteiger partial charge in [0.2, 0.25) is 11.8 Å². The van der Waals surface area contributed by atoms with Crippen LogP contribution in [0.1, 0.15) is 135 Å². The minimum absolute atomic E-state index is 0.0915. The molecule has 2 atom stereocenters. The second-order valence-corrected chi connectivity index (χ2v) is 30.2. The molecule has 0 unspecified atom stereocenters. The predicted molar refractivity (Wildman–Crippen MR) is 410 cm³/mol. The Morgan fingerprint density at radius 2 is 0.934 bits per heavy atom. The van der Waals surface area contributed by atoms with Crippen molar-refractivity contribution in [2.75, 3.05) is 64.1 Å². The number of ether oxygens (including phenoxy) is 4. The maximum atomic E-state index is 13.6. The van der Waals surface area contributed by atoms with E-state index < -0.39 is 23.0 Å². The Hall–Kier alpha value is -8.98. The molecular formula is C78H90Cl4N14O10. The summed E-state index contributed by atoms with van der Waals surface area (Å²) in [5, 5.41) is 20.1. The normalized spacial score (nSPS) is 15.9. The van der Waals surface area contributed by atoms with Crippen molar-refractivity contribution >= 4 is 93.3 Å². The fourth-order valence-electron chi connectivity index (χ4n) is 13.5. The molecule has 6 N–H and O–H groups in total. The number of carbonyl (C=O) groups excluding carboxylic acids is 6. The molecular weight excluding hydrogens is 1430 g/mol. The van der Waals surface area contributed by atoms with Crippen LogP contribution in [-0.2, 0) is 81.8 Å². The summed E-state index contributed by atoms with van der Waals surface area (Å²) in [5.74, 6) is 0.832. The van der Waals surface area contributed by atoms with Crippen molar-refractivity contribution in [1.82, 2.24) is 60.1 Å². The quantitative estimate of drug-likeness (QED) is 0.0307. The monoisotopic (exact) mass is 1520 g/mol. The number of nitrogens with zero attached hydrogens (tertiary/aromatic N) is 8. The highest BCUT2D eigenvalue weighted by Gasteiger charge is 2.31. The smallest absolute Gasteiger partial charge is 0.307 e. The van der Waals surface area contributed by atoms with E-state index in [-0.39, 0.29) is 60.3 Å². The van der Waals surface area contributed by atoms with E-state index in [1.165, 1.54) is 0 Å². The summed E-state index contributed by atoms with van der Waals surface area (Å²) in [6.45, 7) is 17.3. The molecule has 0 bridgehead atoms. The van der Waals surface area contributed by atoms with Crippen LogP contribution in [0.4, 0.5) is 11.4 Å². The number of aromatic nitrogens is 6. The standard InChI is InChI=1S/2C39H45Cl2N7O5/c2*1-39(2,3)53-33(50)15-18-48-17-14-30-29(22-48)45-37(47(30)4)38(51)46-28-8-6-7-26(34(28)40)27-13-16-43-36(35(27)41)23-9-10-24(31(19-23)52-5)20-42-21-25-11-12-32(49)44-25/h2*6-10,13,16,19,25,42H,11-12,14-15,17-18,20-22H2,1-5H3,(H,44,49)(H,46,51)/t2*25-/m00/s1. The first-order chi connectivity index (χ1) is 50.6. The molecule has 0 aliphatic carbocycles. The molecule has 8 heterocycles. The van der Waals surface area contributed by atoms with Crippen molar-refractivity contribution in [3.63, 3.8) is 0 Å². The van der Waals surface area contributed by atoms with Crippen LogP contribution in [0, 0.1) is 0 Å². The van der Waals surface area contributed by atoms with Gasteiger partial charge >= 0.3 is 11.9 Å². The van der Waals surface area contributed by atoms with Crippen LogP contribution in [0.2, 0.25) is 20.1 Å². The molecule has 4 aliphatic rings. The minimum atomic E-state index is -0.524. The molecule has 12 rings (SSSR count). The van der Waals surface area contributed by atoms with E-state index in [2.05, 4.69) is 51.7 Å². The number of carbonyl (C=O) groups is 6. The molecule has 4 aliphatic heterocycles. The predicted octanol–water partition coefficient (Wildman–Crippen LogP) is 12.3. The number of amides is 4. The molecule has 24 nitrogen and oxygen atoms in total. The molecule has 106 heavy (non-hydrogen) atoms. The van der Waals surface area contributed by atoms with Crippen molar-refractivity contribution in [3.8, 4) is 56.3 Å². The Kier molecular flexibility index (Phi) is 25.3. The lowest BCUT2D eigenvalue weighted by Crippen LogP contribution is -2.35. The number of hydrogen-bond donors (Lipinski definition) is 6. The molecule has 0 spiro atoms. The maximum Gasteiger partial charge on any atom is 0.307 e. The van der Waals surface area contributed by atoms with Crippen LogP contribution in [0.25, 0.3) is 44.8 Å². The Bertz CT molecular complexity index is 4340. The van der Waals surface area contributed by atoms with Crippen molar-refractivity contribution in [2.24, 2.45) is 14.1 Å². The third-order valence-corrected chi connectivity index (χ3v) is 20.3. The fraction of sp³-hybridized carbons (Fsp3) is 0.410. The third-order valence-electron chi connectivity index (χ3n) is 18.7. The molecule has 560 valence electrons. The number of imidazole rings is 2. The van der Waals surface area contributed by atoms with Gasteiger partial charge in [-0.25, -0.2) is 9.97 Å². The number of hydrogen-bond acceptors (Lipinski definition) is 18. The highest BCUT2D eigenvalue weighted by molar-refractivity contribution is 6.40. The van der Waals surface area contributed by atoms with Gasteiger partial charge in [0, 0.05) is 186 Å². The number of fused-ring (bicyclic) bond motifs is 2. The summed E-state index contributed by atoms with van der Waals surface area (Å²) in [6, 6.07) is 26.2. The molecule has 28 heteroatoms. The van der Waals surface area contributed by atoms with Crippen LogP contribution in [-0.4, -0.2) is 151 Å². The first kappa shape index (κ1) is 78.1. The topological polar surface area (TPSA) is 279 Å². The molecule has 0 radical (unpaired) electrons. The first-order valence-electron chi connectivity index (χ1n) is 35.4. The number of anilines is 2. The number of benzene rings is 4. The van der Waals surface area contributed by atoms with Gasteiger partial charge in [0.05, 0.1) is 81.3 Å². The number of halogens is 4. The number of pyridine rings is 2. The van der Waals surface area contributed by atoms with E-state index >= 15 is 0 Å². The Morgan fingerprint density at radius 1 is 0.538 bits per heavy atom. The van der Waals surface area contributed by atoms with E-state index in [9.17, 15) is 28.8 Å². The van der Waals surface area contributed by atoms with E-state index in [0.29, 0.717) is 155 Å². The van der Waals surface area contributed by atoms with Crippen LogP contribution < -0.4 is 41.4 Å². The van der Waals surface area contributed by atoms with Gasteiger partial charge in [-0.2, -0.15) is 0 Å². The maximum absolute atomic E-state index is 13.6. The zero-order chi connectivity index (χ0) is 75.7. The SMILES string of the molecule is COc1cc(-c2nccc(-c3cccc(NC(=O)c4nc5c(n4C)CCN(CCC(=O)OC(C)(C)C)C5)c3Cl)c2Cl)ccc1CNC[C@@H]1CCC(=O)N1.COc1cc(-c2nccc(-c3cccc(NC(=O)c4nc5c(n4C)CCN(CCC(=O)OC(C)(C)C)C5)c3Cl)c2Cl)ccc1CNC[C@@H]1CCC(=O)N1. The van der Waals surface area contributed by atoms with Crippen LogP contribution in [0.3, 0.4) is 0 Å². The van der Waals surface area contributed by atoms with E-state index in [1.54, 1.807) is 63.0 Å². The summed E-state index contributed by atoms with van der Waals surface area (Å²) in [4.78, 5) is 97.7. The lowest BCUT2D eigenvalue weighted by molar-refractivity contribution is -0.156. The van der Waals surface area contributed by atoms with Gasteiger partial charge in [-0.3, -0.25) is 48.5 Å². The summed E-state index contributed by atoms with van der Waals surface area (Å²) < 4.78 is 26.0. The van der Waals surface area contributed by atoms with Crippen molar-refractivity contribution in [1.29, 1.82) is 0 Å². The lowest BCUT2D eigenvalue weighted by atomic mass is 10.0. The highest BCUT2D eigenvalue weighted by Crippen LogP contribution is 2.44. The average Bonchev–Trinajstić information content (AvgIpc) is 1.75. The Labute approximate surface area is 637 Å². The Morgan fingerprint density at radius 3 is 1.30 bits per heavy atom. The van der Waals surface area contributed by atoms with E-state index in [4.69, 9.17) is 75.3 Å². The molecule has 4 aromatic heterocycles. The summed E-state index contributed by atoms with van der Waals surface area (Å²) >= 11 is 28.0. The summed E-state index contributed by atoms with van der Waals surface area (Å²) in [5.41, 5.74) is 10.5. The van der Waals surface area contributed by atoms with Crippen LogP contribution in [0.15, 0.2) is 97.3 Å². The second-order valence-electron chi connectivity index (χ2n) is 28.7. The largest absolute Gasteiger partial charge is 0.496 e. The van der Waals surface area contributed by atoms with Gasteiger partial charge in [0.1, 0.15) is 22.7 Å². The molecule has 4 aromatic carbocycles. The van der Waals surface area contributed by atoms with Crippen molar-refractivity contribution in [3.05, 3.63) is 163 Å². The van der Waals surface area contributed by atoms with Crippen LogP contribution >= 0.6 is 46.4 Å². The zero-order valence-electron chi connectivity index (χ0n) is 61.3. The fourth-order valence-corrected chi connectivity index (χ4v) is 14.7. The molecule has 0 saturated carbocycles. The van der Waals surface area contributed by atoms with E-state index in [0.717, 1.165) is 71.0 Å². The highest BCUT2D eigenvalue weighted by atomic mass is 35.5. The third kappa shape index (κ3) is 19.2. The molecule has 2 fully saturated rings. The molecule has 8 aromatic rings. The summed E-state index contributed by atoms with van der Waals surface area (Å²) in [6.07, 6.45) is 8.10. The van der Waals surface area contributed by atoms with Gasteiger partial charge in [-0.05, 0) is 90.8 Å². The average molecular weight is 1530 g/mol. The van der Waals surface area contributed by atoms with Gasteiger partial charge in [-0.15, -0.1) is 0 Å². The number of esters is 2. The lowest BCUT2D eigenvalue weighted by Gasteiger charge is -2.27. The minimum Gasteiger partial charge on any atom is -0.496 e. The zero-order valence-corrected chi connectivity index (χ0v) is 64.3.